The van der Waals surface area contributed by atoms with E-state index in [0.717, 1.165) is 17.0 Å². The number of thiazole rings is 1. The zero-order valence-electron chi connectivity index (χ0n) is 10.5. The van der Waals surface area contributed by atoms with Crippen LogP contribution < -0.4 is 5.59 Å². The minimum Gasteiger partial charge on any atom is -0.398 e. The van der Waals surface area contributed by atoms with Gasteiger partial charge in [-0.15, -0.1) is 11.3 Å². The topological polar surface area (TPSA) is 31.4 Å². The van der Waals surface area contributed by atoms with Gasteiger partial charge >= 0.3 is 7.12 Å². The van der Waals surface area contributed by atoms with Crippen LogP contribution in [-0.4, -0.2) is 23.3 Å². The average Bonchev–Trinajstić information content (AvgIpc) is 2.70. The first-order valence-electron chi connectivity index (χ1n) is 5.65. The molecule has 0 radical (unpaired) electrons. The number of hydrogen-bond donors (Lipinski definition) is 0. The Bertz CT molecular complexity index is 373. The van der Waals surface area contributed by atoms with Gasteiger partial charge in [0, 0.05) is 5.38 Å². The highest BCUT2D eigenvalue weighted by Crippen LogP contribution is 2.36. The van der Waals surface area contributed by atoms with Crippen LogP contribution in [0.1, 0.15) is 39.6 Å². The highest BCUT2D eigenvalue weighted by atomic mass is 32.1. The van der Waals surface area contributed by atoms with Crippen molar-refractivity contribution in [3.8, 4) is 0 Å². The molecule has 16 heavy (non-hydrogen) atoms. The van der Waals surface area contributed by atoms with Gasteiger partial charge < -0.3 is 9.31 Å². The number of aryl methyl sites for hydroxylation is 1. The Balaban J connectivity index is 2.20. The molecule has 0 aromatic carbocycles. The molecule has 1 aromatic heterocycles. The quantitative estimate of drug-likeness (QED) is 0.740. The van der Waals surface area contributed by atoms with Crippen LogP contribution in [-0.2, 0) is 15.7 Å². The zero-order chi connectivity index (χ0) is 12.0. The molecule has 1 aliphatic heterocycles. The largest absolute Gasteiger partial charge is 0.515 e. The minimum absolute atomic E-state index is 0.284. The standard InChI is InChI=1S/C11H18BNO2S/c1-6-9-13-8(7-16-9)12-14-10(2,3)11(4,5)15-12/h7H,6H2,1-5H3. The molecule has 3 nitrogen and oxygen atoms in total. The van der Waals surface area contributed by atoms with Gasteiger partial charge in [0.2, 0.25) is 0 Å². The first kappa shape index (κ1) is 12.1. The smallest absolute Gasteiger partial charge is 0.398 e. The maximum atomic E-state index is 5.93. The van der Waals surface area contributed by atoms with E-state index in [9.17, 15) is 0 Å². The molecule has 0 saturated carbocycles. The Morgan fingerprint density at radius 2 is 1.81 bits per heavy atom. The van der Waals surface area contributed by atoms with Crippen molar-refractivity contribution in [3.63, 3.8) is 0 Å². The van der Waals surface area contributed by atoms with Crippen molar-refractivity contribution in [2.45, 2.75) is 52.2 Å². The Morgan fingerprint density at radius 1 is 1.25 bits per heavy atom. The third-order valence-corrected chi connectivity index (χ3v) is 4.38. The lowest BCUT2D eigenvalue weighted by molar-refractivity contribution is 0.00578. The van der Waals surface area contributed by atoms with Crippen LogP contribution in [0.25, 0.3) is 0 Å². The molecular formula is C11H18BNO2S. The molecule has 0 unspecified atom stereocenters. The first-order valence-corrected chi connectivity index (χ1v) is 6.53. The van der Waals surface area contributed by atoms with Gasteiger partial charge in [-0.25, -0.2) is 0 Å². The summed E-state index contributed by atoms with van der Waals surface area (Å²) in [5.74, 6) is 0. The molecule has 1 aromatic rings. The average molecular weight is 239 g/mol. The van der Waals surface area contributed by atoms with Crippen LogP contribution in [0.3, 0.4) is 0 Å². The Morgan fingerprint density at radius 3 is 2.25 bits per heavy atom. The predicted molar refractivity (Wildman–Crippen MR) is 67.2 cm³/mol. The van der Waals surface area contributed by atoms with E-state index in [2.05, 4.69) is 39.6 Å². The molecule has 2 rings (SSSR count). The fraction of sp³-hybridized carbons (Fsp3) is 0.727. The minimum atomic E-state index is -0.318. The van der Waals surface area contributed by atoms with E-state index in [1.807, 2.05) is 5.38 Å². The molecule has 0 N–H and O–H groups in total. The molecule has 0 amide bonds. The van der Waals surface area contributed by atoms with Crippen LogP contribution in [0, 0.1) is 0 Å². The molecule has 88 valence electrons. The van der Waals surface area contributed by atoms with Crippen molar-refractivity contribution in [2.24, 2.45) is 0 Å². The Kier molecular flexibility index (Phi) is 2.89. The van der Waals surface area contributed by atoms with Crippen LogP contribution in [0.4, 0.5) is 0 Å². The zero-order valence-corrected chi connectivity index (χ0v) is 11.4. The highest BCUT2D eigenvalue weighted by Gasteiger charge is 2.52. The van der Waals surface area contributed by atoms with Gasteiger partial charge in [0.25, 0.3) is 0 Å². The maximum absolute atomic E-state index is 5.93. The van der Waals surface area contributed by atoms with E-state index < -0.39 is 0 Å². The van der Waals surface area contributed by atoms with Crippen LogP contribution in [0.2, 0.25) is 0 Å². The summed E-state index contributed by atoms with van der Waals surface area (Å²) in [5, 5.41) is 3.16. The van der Waals surface area contributed by atoms with Gasteiger partial charge in [-0.1, -0.05) is 6.92 Å². The molecule has 0 atom stereocenters. The molecule has 0 spiro atoms. The maximum Gasteiger partial charge on any atom is 0.515 e. The van der Waals surface area contributed by atoms with Crippen molar-refractivity contribution < 1.29 is 9.31 Å². The van der Waals surface area contributed by atoms with E-state index in [1.54, 1.807) is 11.3 Å². The van der Waals surface area contributed by atoms with E-state index in [1.165, 1.54) is 0 Å². The number of aromatic nitrogens is 1. The van der Waals surface area contributed by atoms with Crippen molar-refractivity contribution >= 4 is 24.0 Å². The van der Waals surface area contributed by atoms with E-state index in [-0.39, 0.29) is 18.3 Å². The van der Waals surface area contributed by atoms with Crippen molar-refractivity contribution in [2.75, 3.05) is 0 Å². The summed E-state index contributed by atoms with van der Waals surface area (Å²) in [5.41, 5.74) is 0.335. The Labute approximate surface area is 101 Å². The summed E-state index contributed by atoms with van der Waals surface area (Å²) in [4.78, 5) is 4.51. The van der Waals surface area contributed by atoms with E-state index in [4.69, 9.17) is 9.31 Å². The van der Waals surface area contributed by atoms with Gasteiger partial charge in [-0.2, -0.15) is 0 Å². The molecule has 0 aliphatic carbocycles. The number of hydrogen-bond acceptors (Lipinski definition) is 4. The molecule has 1 saturated heterocycles. The number of rotatable bonds is 2. The summed E-state index contributed by atoms with van der Waals surface area (Å²) >= 11 is 1.67. The monoisotopic (exact) mass is 239 g/mol. The first-order chi connectivity index (χ1) is 7.36. The van der Waals surface area contributed by atoms with Crippen molar-refractivity contribution in [1.82, 2.24) is 4.98 Å². The summed E-state index contributed by atoms with van der Waals surface area (Å²) < 4.78 is 11.9. The summed E-state index contributed by atoms with van der Waals surface area (Å²) in [6.07, 6.45) is 0.962. The molecule has 1 aliphatic rings. The highest BCUT2D eigenvalue weighted by molar-refractivity contribution is 7.10. The lowest BCUT2D eigenvalue weighted by atomic mass is 9.86. The van der Waals surface area contributed by atoms with E-state index >= 15 is 0 Å². The van der Waals surface area contributed by atoms with Gasteiger partial charge in [-0.3, -0.25) is 4.98 Å². The van der Waals surface area contributed by atoms with Gasteiger partial charge in [0.1, 0.15) is 0 Å². The third-order valence-electron chi connectivity index (χ3n) is 3.37. The lowest BCUT2D eigenvalue weighted by Crippen LogP contribution is -2.41. The fourth-order valence-corrected chi connectivity index (χ4v) is 2.30. The van der Waals surface area contributed by atoms with Gasteiger partial charge in [0.15, 0.2) is 0 Å². The Hall–Kier alpha value is -0.385. The van der Waals surface area contributed by atoms with Crippen LogP contribution in [0.5, 0.6) is 0 Å². The molecule has 2 heterocycles. The van der Waals surface area contributed by atoms with Crippen LogP contribution >= 0.6 is 11.3 Å². The predicted octanol–water partition coefficient (Wildman–Crippen LogP) is 2.00. The van der Waals surface area contributed by atoms with Gasteiger partial charge in [-0.05, 0) is 34.1 Å². The second-order valence-electron chi connectivity index (χ2n) is 5.11. The molecule has 5 heteroatoms. The summed E-state index contributed by atoms with van der Waals surface area (Å²) in [6, 6.07) is 0. The summed E-state index contributed by atoms with van der Waals surface area (Å²) in [6.45, 7) is 10.3. The van der Waals surface area contributed by atoms with Gasteiger partial charge in [0.05, 0.1) is 21.8 Å². The number of nitrogens with zero attached hydrogens (tertiary/aromatic N) is 1. The second kappa shape index (κ2) is 3.82. The van der Waals surface area contributed by atoms with Crippen molar-refractivity contribution in [1.29, 1.82) is 0 Å². The van der Waals surface area contributed by atoms with Crippen LogP contribution in [0.15, 0.2) is 5.38 Å². The van der Waals surface area contributed by atoms with E-state index in [0.29, 0.717) is 0 Å². The second-order valence-corrected chi connectivity index (χ2v) is 6.05. The molecule has 0 bridgehead atoms. The third kappa shape index (κ3) is 1.92. The summed E-state index contributed by atoms with van der Waals surface area (Å²) in [7, 11) is -0.318. The SMILES string of the molecule is CCc1nc(B2OC(C)(C)C(C)(C)O2)cs1. The van der Waals surface area contributed by atoms with Crippen molar-refractivity contribution in [3.05, 3.63) is 10.4 Å². The molecule has 1 fully saturated rings. The molecular weight excluding hydrogens is 221 g/mol. The normalized spacial score (nSPS) is 22.7. The lowest BCUT2D eigenvalue weighted by Gasteiger charge is -2.32. The fourth-order valence-electron chi connectivity index (χ4n) is 1.56.